The number of anilines is 1. The van der Waals surface area contributed by atoms with Gasteiger partial charge in [-0.15, -0.1) is 0 Å². The van der Waals surface area contributed by atoms with E-state index in [2.05, 4.69) is 5.10 Å². The van der Waals surface area contributed by atoms with Gasteiger partial charge in [0.1, 0.15) is 5.02 Å². The number of carbonyl (C=O) groups is 1. The second-order valence-electron chi connectivity index (χ2n) is 6.99. The number of carbonyl (C=O) groups excluding carboxylic acids is 1. The van der Waals surface area contributed by atoms with E-state index in [9.17, 15) is 9.59 Å². The molecule has 134 valence electrons. The van der Waals surface area contributed by atoms with Crippen LogP contribution in [-0.2, 0) is 5.54 Å². The van der Waals surface area contributed by atoms with E-state index in [1.54, 1.807) is 23.2 Å². The van der Waals surface area contributed by atoms with Crippen molar-refractivity contribution in [1.29, 1.82) is 0 Å². The molecule has 1 fully saturated rings. The summed E-state index contributed by atoms with van der Waals surface area (Å²) in [5.41, 5.74) is -0.133. The van der Waals surface area contributed by atoms with Crippen LogP contribution in [0.5, 0.6) is 0 Å². The van der Waals surface area contributed by atoms with Crippen LogP contribution in [0.1, 0.15) is 31.3 Å². The van der Waals surface area contributed by atoms with E-state index in [0.717, 1.165) is 0 Å². The molecule has 0 aliphatic carbocycles. The second kappa shape index (κ2) is 6.55. The van der Waals surface area contributed by atoms with Gasteiger partial charge in [0.2, 0.25) is 0 Å². The maximum Gasteiger partial charge on any atom is 0.289 e. The van der Waals surface area contributed by atoms with E-state index in [-0.39, 0.29) is 16.5 Å². The summed E-state index contributed by atoms with van der Waals surface area (Å²) in [6.45, 7) is 7.90. The number of nitrogens with zero attached hydrogens (tertiary/aromatic N) is 4. The number of hydrogen-bond acceptors (Lipinski definition) is 5. The topological polar surface area (TPSA) is 71.6 Å². The molecule has 1 amide bonds. The highest BCUT2D eigenvalue weighted by atomic mass is 35.5. The van der Waals surface area contributed by atoms with Gasteiger partial charge in [0, 0.05) is 26.2 Å². The van der Waals surface area contributed by atoms with Gasteiger partial charge in [-0.2, -0.15) is 5.10 Å². The van der Waals surface area contributed by atoms with Crippen LogP contribution in [0.15, 0.2) is 33.8 Å². The van der Waals surface area contributed by atoms with Gasteiger partial charge in [0.25, 0.3) is 11.5 Å². The predicted molar refractivity (Wildman–Crippen MR) is 95.3 cm³/mol. The lowest BCUT2D eigenvalue weighted by molar-refractivity contribution is 0.0714. The Balaban J connectivity index is 1.74. The number of piperazine rings is 1. The van der Waals surface area contributed by atoms with Crippen molar-refractivity contribution in [2.75, 3.05) is 31.1 Å². The van der Waals surface area contributed by atoms with Crippen molar-refractivity contribution in [3.8, 4) is 0 Å². The number of furan rings is 1. The fourth-order valence-electron chi connectivity index (χ4n) is 2.83. The first-order valence-corrected chi connectivity index (χ1v) is 8.53. The molecule has 0 atom stereocenters. The Morgan fingerprint density at radius 1 is 1.24 bits per heavy atom. The Kier molecular flexibility index (Phi) is 4.60. The number of halogens is 1. The molecule has 1 aliphatic rings. The lowest BCUT2D eigenvalue weighted by atomic mass is 10.1. The predicted octanol–water partition coefficient (Wildman–Crippen LogP) is 2.21. The van der Waals surface area contributed by atoms with E-state index in [4.69, 9.17) is 16.0 Å². The molecular formula is C17H21ClN4O3. The molecule has 0 spiro atoms. The fraction of sp³-hybridized carbons (Fsp3) is 0.471. The Morgan fingerprint density at radius 2 is 1.92 bits per heavy atom. The Bertz CT molecular complexity index is 815. The van der Waals surface area contributed by atoms with Crippen molar-refractivity contribution in [2.24, 2.45) is 0 Å². The van der Waals surface area contributed by atoms with E-state index in [0.29, 0.717) is 37.6 Å². The van der Waals surface area contributed by atoms with Gasteiger partial charge in [0.05, 0.1) is 23.7 Å². The second-order valence-corrected chi connectivity index (χ2v) is 7.37. The third-order valence-electron chi connectivity index (χ3n) is 4.18. The maximum atomic E-state index is 12.5. The highest BCUT2D eigenvalue weighted by molar-refractivity contribution is 6.33. The molecule has 3 rings (SSSR count). The number of amides is 1. The standard InChI is InChI=1S/C17H21ClN4O3/c1-17(2,3)22-16(24)14(18)12(11-19-22)20-6-8-21(9-7-20)15(23)13-5-4-10-25-13/h4-5,10-11H,6-9H2,1-3H3. The molecular weight excluding hydrogens is 344 g/mol. The summed E-state index contributed by atoms with van der Waals surface area (Å²) >= 11 is 6.31. The molecule has 2 aromatic heterocycles. The smallest absolute Gasteiger partial charge is 0.289 e. The fourth-order valence-corrected chi connectivity index (χ4v) is 3.08. The molecule has 0 bridgehead atoms. The Morgan fingerprint density at radius 3 is 2.48 bits per heavy atom. The van der Waals surface area contributed by atoms with Crippen molar-refractivity contribution < 1.29 is 9.21 Å². The van der Waals surface area contributed by atoms with Crippen LogP contribution in [0, 0.1) is 0 Å². The minimum absolute atomic E-state index is 0.128. The lowest BCUT2D eigenvalue weighted by Crippen LogP contribution is -2.49. The van der Waals surface area contributed by atoms with Crippen LogP contribution < -0.4 is 10.5 Å². The van der Waals surface area contributed by atoms with Crippen molar-refractivity contribution in [2.45, 2.75) is 26.3 Å². The maximum absolute atomic E-state index is 12.5. The zero-order valence-corrected chi connectivity index (χ0v) is 15.3. The van der Waals surface area contributed by atoms with Gasteiger partial charge in [0.15, 0.2) is 5.76 Å². The summed E-state index contributed by atoms with van der Waals surface area (Å²) in [5.74, 6) is 0.206. The van der Waals surface area contributed by atoms with Crippen LogP contribution in [0.2, 0.25) is 5.02 Å². The summed E-state index contributed by atoms with van der Waals surface area (Å²) < 4.78 is 6.54. The average Bonchev–Trinajstić information content (AvgIpc) is 3.10. The summed E-state index contributed by atoms with van der Waals surface area (Å²) in [4.78, 5) is 28.5. The molecule has 2 aromatic rings. The molecule has 0 unspecified atom stereocenters. The van der Waals surface area contributed by atoms with Gasteiger partial charge < -0.3 is 14.2 Å². The normalized spacial score (nSPS) is 15.5. The minimum atomic E-state index is -0.437. The van der Waals surface area contributed by atoms with Gasteiger partial charge in [-0.05, 0) is 32.9 Å². The molecule has 0 aromatic carbocycles. The van der Waals surface area contributed by atoms with Crippen molar-refractivity contribution in [3.63, 3.8) is 0 Å². The van der Waals surface area contributed by atoms with Crippen molar-refractivity contribution in [3.05, 3.63) is 45.7 Å². The van der Waals surface area contributed by atoms with Gasteiger partial charge in [-0.25, -0.2) is 4.68 Å². The molecule has 3 heterocycles. The number of hydrogen-bond donors (Lipinski definition) is 0. The molecule has 0 saturated carbocycles. The van der Waals surface area contributed by atoms with Crippen LogP contribution in [0.3, 0.4) is 0 Å². The summed E-state index contributed by atoms with van der Waals surface area (Å²) in [7, 11) is 0. The average molecular weight is 365 g/mol. The van der Waals surface area contributed by atoms with Gasteiger partial charge >= 0.3 is 0 Å². The van der Waals surface area contributed by atoms with Crippen LogP contribution in [-0.4, -0.2) is 46.8 Å². The van der Waals surface area contributed by atoms with E-state index >= 15 is 0 Å². The van der Waals surface area contributed by atoms with E-state index in [1.807, 2.05) is 25.7 Å². The first-order chi connectivity index (χ1) is 11.8. The summed E-state index contributed by atoms with van der Waals surface area (Å²) in [6.07, 6.45) is 3.11. The zero-order chi connectivity index (χ0) is 18.2. The molecule has 0 radical (unpaired) electrons. The highest BCUT2D eigenvalue weighted by Crippen LogP contribution is 2.24. The molecule has 1 saturated heterocycles. The molecule has 1 aliphatic heterocycles. The molecule has 7 nitrogen and oxygen atoms in total. The number of rotatable bonds is 2. The Hall–Kier alpha value is -2.28. The molecule has 0 N–H and O–H groups in total. The molecule has 25 heavy (non-hydrogen) atoms. The van der Waals surface area contributed by atoms with Crippen LogP contribution in [0.25, 0.3) is 0 Å². The third kappa shape index (κ3) is 3.42. The number of aromatic nitrogens is 2. The first-order valence-electron chi connectivity index (χ1n) is 8.15. The first kappa shape index (κ1) is 17.5. The SMILES string of the molecule is CC(C)(C)n1ncc(N2CCN(C(=O)c3ccco3)CC2)c(Cl)c1=O. The highest BCUT2D eigenvalue weighted by Gasteiger charge is 2.27. The van der Waals surface area contributed by atoms with Gasteiger partial charge in [-0.3, -0.25) is 9.59 Å². The van der Waals surface area contributed by atoms with Crippen LogP contribution in [0.4, 0.5) is 5.69 Å². The van der Waals surface area contributed by atoms with E-state index < -0.39 is 5.54 Å². The summed E-state index contributed by atoms with van der Waals surface area (Å²) in [5, 5.41) is 4.43. The van der Waals surface area contributed by atoms with Crippen molar-refractivity contribution >= 4 is 23.2 Å². The summed E-state index contributed by atoms with van der Waals surface area (Å²) in [6, 6.07) is 3.35. The molecule has 8 heteroatoms. The zero-order valence-electron chi connectivity index (χ0n) is 14.5. The van der Waals surface area contributed by atoms with Gasteiger partial charge in [-0.1, -0.05) is 11.6 Å². The minimum Gasteiger partial charge on any atom is -0.459 e. The monoisotopic (exact) mass is 364 g/mol. The quantitative estimate of drug-likeness (QED) is 0.817. The van der Waals surface area contributed by atoms with Crippen LogP contribution >= 0.6 is 11.6 Å². The van der Waals surface area contributed by atoms with Crippen molar-refractivity contribution in [1.82, 2.24) is 14.7 Å². The lowest BCUT2D eigenvalue weighted by Gasteiger charge is -2.36. The third-order valence-corrected chi connectivity index (χ3v) is 4.53. The largest absolute Gasteiger partial charge is 0.459 e. The van der Waals surface area contributed by atoms with E-state index in [1.165, 1.54) is 10.9 Å². The Labute approximate surface area is 150 Å².